The van der Waals surface area contributed by atoms with Gasteiger partial charge in [-0.1, -0.05) is 0 Å². The highest BCUT2D eigenvalue weighted by Crippen LogP contribution is 2.50. The SMILES string of the molecule is N=C(N)c1ccc2c(c1CC1CC1)OC(F)(F)C(F)(F)O2. The molecule has 1 aliphatic heterocycles. The number of nitrogens with two attached hydrogens (primary N) is 1. The van der Waals surface area contributed by atoms with Gasteiger partial charge in [-0.05, 0) is 37.3 Å². The molecular formula is C13H12F4N2O2. The van der Waals surface area contributed by atoms with E-state index in [1.54, 1.807) is 0 Å². The van der Waals surface area contributed by atoms with Crippen molar-refractivity contribution in [1.82, 2.24) is 0 Å². The number of nitrogens with one attached hydrogen (secondary N) is 1. The zero-order valence-electron chi connectivity index (χ0n) is 10.8. The van der Waals surface area contributed by atoms with Gasteiger partial charge < -0.3 is 15.2 Å². The average molecular weight is 304 g/mol. The molecule has 0 aromatic heterocycles. The van der Waals surface area contributed by atoms with E-state index in [0.29, 0.717) is 6.42 Å². The van der Waals surface area contributed by atoms with Crippen molar-refractivity contribution >= 4 is 5.84 Å². The Morgan fingerprint density at radius 2 is 1.81 bits per heavy atom. The molecule has 1 heterocycles. The summed E-state index contributed by atoms with van der Waals surface area (Å²) < 4.78 is 61.3. The van der Waals surface area contributed by atoms with E-state index in [9.17, 15) is 17.6 Å². The summed E-state index contributed by atoms with van der Waals surface area (Å²) in [4.78, 5) is 0. The molecule has 0 bridgehead atoms. The fourth-order valence-electron chi connectivity index (χ4n) is 2.25. The van der Waals surface area contributed by atoms with E-state index in [1.165, 1.54) is 6.07 Å². The largest absolute Gasteiger partial charge is 0.507 e. The second kappa shape index (κ2) is 4.25. The standard InChI is InChI=1S/C13H12F4N2O2/c14-12(15)13(16,17)21-10-8(5-6-1-2-6)7(11(18)19)3-4-9(10)20-12/h3-4,6H,1-2,5H2,(H3,18,19). The third-order valence-corrected chi connectivity index (χ3v) is 3.51. The van der Waals surface area contributed by atoms with Gasteiger partial charge in [-0.3, -0.25) is 5.41 Å². The molecule has 1 saturated carbocycles. The Kier molecular flexibility index (Phi) is 2.83. The number of benzene rings is 1. The van der Waals surface area contributed by atoms with Gasteiger partial charge in [0.1, 0.15) is 5.84 Å². The first-order valence-corrected chi connectivity index (χ1v) is 6.35. The fourth-order valence-corrected chi connectivity index (χ4v) is 2.25. The van der Waals surface area contributed by atoms with E-state index < -0.39 is 23.7 Å². The Bertz CT molecular complexity index is 614. The maximum atomic E-state index is 13.3. The van der Waals surface area contributed by atoms with Crippen LogP contribution in [0.15, 0.2) is 12.1 Å². The lowest BCUT2D eigenvalue weighted by Gasteiger charge is -2.33. The van der Waals surface area contributed by atoms with Crippen molar-refractivity contribution in [2.24, 2.45) is 11.7 Å². The molecule has 1 aromatic carbocycles. The van der Waals surface area contributed by atoms with Gasteiger partial charge in [0, 0.05) is 11.1 Å². The topological polar surface area (TPSA) is 68.3 Å². The maximum absolute atomic E-state index is 13.3. The molecule has 0 amide bonds. The lowest BCUT2D eigenvalue weighted by atomic mass is 9.99. The molecule has 2 aliphatic rings. The summed E-state index contributed by atoms with van der Waals surface area (Å²) in [6.45, 7) is 0. The van der Waals surface area contributed by atoms with Crippen molar-refractivity contribution < 1.29 is 27.0 Å². The van der Waals surface area contributed by atoms with Crippen LogP contribution in [0.5, 0.6) is 11.5 Å². The highest BCUT2D eigenvalue weighted by Gasteiger charge is 2.66. The predicted molar refractivity (Wildman–Crippen MR) is 65.0 cm³/mol. The summed E-state index contributed by atoms with van der Waals surface area (Å²) in [6, 6.07) is 2.37. The van der Waals surface area contributed by atoms with Gasteiger partial charge in [-0.15, -0.1) is 0 Å². The number of rotatable bonds is 3. The van der Waals surface area contributed by atoms with Crippen molar-refractivity contribution in [3.05, 3.63) is 23.3 Å². The second-order valence-corrected chi connectivity index (χ2v) is 5.22. The van der Waals surface area contributed by atoms with Crippen LogP contribution in [0.25, 0.3) is 0 Å². The summed E-state index contributed by atoms with van der Waals surface area (Å²) in [5, 5.41) is 7.48. The normalized spacial score (nSPS) is 21.9. The summed E-state index contributed by atoms with van der Waals surface area (Å²) in [5.41, 5.74) is 5.84. The summed E-state index contributed by atoms with van der Waals surface area (Å²) >= 11 is 0. The Morgan fingerprint density at radius 1 is 1.19 bits per heavy atom. The fraction of sp³-hybridized carbons (Fsp3) is 0.462. The van der Waals surface area contributed by atoms with Gasteiger partial charge in [-0.25, -0.2) is 0 Å². The van der Waals surface area contributed by atoms with Crippen LogP contribution < -0.4 is 15.2 Å². The van der Waals surface area contributed by atoms with Crippen LogP contribution in [0, 0.1) is 11.3 Å². The van der Waals surface area contributed by atoms with Crippen molar-refractivity contribution in [2.75, 3.05) is 0 Å². The smallest absolute Gasteiger partial charge is 0.421 e. The highest BCUT2D eigenvalue weighted by molar-refractivity contribution is 5.97. The van der Waals surface area contributed by atoms with E-state index >= 15 is 0 Å². The molecule has 3 rings (SSSR count). The van der Waals surface area contributed by atoms with Crippen LogP contribution in [0.3, 0.4) is 0 Å². The number of hydrogen-bond donors (Lipinski definition) is 2. The maximum Gasteiger partial charge on any atom is 0.507 e. The highest BCUT2D eigenvalue weighted by atomic mass is 19.3. The van der Waals surface area contributed by atoms with Crippen molar-refractivity contribution in [3.8, 4) is 11.5 Å². The Hall–Kier alpha value is -1.99. The Labute approximate surface area is 117 Å². The molecule has 0 unspecified atom stereocenters. The number of ether oxygens (including phenoxy) is 2. The molecule has 0 spiro atoms. The summed E-state index contributed by atoms with van der Waals surface area (Å²) in [5.74, 6) is -0.996. The van der Waals surface area contributed by atoms with Gasteiger partial charge in [0.25, 0.3) is 0 Å². The van der Waals surface area contributed by atoms with Crippen LogP contribution in [0.2, 0.25) is 0 Å². The first kappa shape index (κ1) is 14.0. The third-order valence-electron chi connectivity index (χ3n) is 3.51. The van der Waals surface area contributed by atoms with E-state index in [1.807, 2.05) is 0 Å². The van der Waals surface area contributed by atoms with Crippen molar-refractivity contribution in [2.45, 2.75) is 31.5 Å². The van der Waals surface area contributed by atoms with E-state index in [0.717, 1.165) is 18.9 Å². The third kappa shape index (κ3) is 2.28. The van der Waals surface area contributed by atoms with Gasteiger partial charge in [-0.2, -0.15) is 17.6 Å². The minimum absolute atomic E-state index is 0.199. The first-order chi connectivity index (χ1) is 9.71. The van der Waals surface area contributed by atoms with Crippen molar-refractivity contribution in [3.63, 3.8) is 0 Å². The zero-order chi connectivity index (χ0) is 15.4. The summed E-state index contributed by atoms with van der Waals surface area (Å²) in [6.07, 6.45) is -7.35. The molecule has 1 fully saturated rings. The number of halogens is 4. The molecule has 3 N–H and O–H groups in total. The Balaban J connectivity index is 2.11. The molecule has 0 atom stereocenters. The van der Waals surface area contributed by atoms with E-state index in [2.05, 4.69) is 9.47 Å². The monoisotopic (exact) mass is 304 g/mol. The average Bonchev–Trinajstić information content (AvgIpc) is 3.14. The quantitative estimate of drug-likeness (QED) is 0.512. The molecule has 114 valence electrons. The minimum atomic E-state index is -4.77. The molecule has 1 aromatic rings. The lowest BCUT2D eigenvalue weighted by molar-refractivity contribution is -0.391. The molecular weight excluding hydrogens is 292 g/mol. The van der Waals surface area contributed by atoms with Crippen LogP contribution in [-0.4, -0.2) is 18.1 Å². The van der Waals surface area contributed by atoms with Crippen LogP contribution in [-0.2, 0) is 6.42 Å². The lowest BCUT2D eigenvalue weighted by Crippen LogP contribution is -2.52. The van der Waals surface area contributed by atoms with Gasteiger partial charge in [0.2, 0.25) is 0 Å². The van der Waals surface area contributed by atoms with E-state index in [-0.39, 0.29) is 22.9 Å². The molecule has 0 radical (unpaired) electrons. The van der Waals surface area contributed by atoms with Gasteiger partial charge >= 0.3 is 12.2 Å². The second-order valence-electron chi connectivity index (χ2n) is 5.22. The number of alkyl halides is 4. The van der Waals surface area contributed by atoms with Gasteiger partial charge in [0.05, 0.1) is 0 Å². The molecule has 8 heteroatoms. The zero-order valence-corrected chi connectivity index (χ0v) is 10.8. The number of nitrogen functional groups attached to an aromatic ring is 1. The molecule has 21 heavy (non-hydrogen) atoms. The van der Waals surface area contributed by atoms with Crippen LogP contribution in [0.1, 0.15) is 24.0 Å². The number of hydrogen-bond acceptors (Lipinski definition) is 3. The molecule has 4 nitrogen and oxygen atoms in total. The number of amidine groups is 1. The van der Waals surface area contributed by atoms with E-state index in [4.69, 9.17) is 11.1 Å². The van der Waals surface area contributed by atoms with Gasteiger partial charge in [0.15, 0.2) is 11.5 Å². The first-order valence-electron chi connectivity index (χ1n) is 6.35. The molecule has 1 aliphatic carbocycles. The predicted octanol–water partition coefficient (Wildman–Crippen LogP) is 2.88. The van der Waals surface area contributed by atoms with Crippen LogP contribution in [0.4, 0.5) is 17.6 Å². The molecule has 0 saturated heterocycles. The van der Waals surface area contributed by atoms with Crippen LogP contribution >= 0.6 is 0 Å². The van der Waals surface area contributed by atoms with Crippen molar-refractivity contribution in [1.29, 1.82) is 5.41 Å². The summed E-state index contributed by atoms with van der Waals surface area (Å²) in [7, 11) is 0. The minimum Gasteiger partial charge on any atom is -0.421 e. The number of fused-ring (bicyclic) bond motifs is 1. The Morgan fingerprint density at radius 3 is 2.38 bits per heavy atom.